The van der Waals surface area contributed by atoms with Gasteiger partial charge in [-0.05, 0) is 98.7 Å². The van der Waals surface area contributed by atoms with Crippen molar-refractivity contribution in [3.63, 3.8) is 0 Å². The van der Waals surface area contributed by atoms with E-state index in [9.17, 15) is 9.59 Å². The number of Topliss-reactive ketones (excluding diaryl/α,β-unsaturated/α-hetero) is 1. The van der Waals surface area contributed by atoms with Gasteiger partial charge < -0.3 is 14.8 Å². The summed E-state index contributed by atoms with van der Waals surface area (Å²) in [5, 5.41) is 4.24. The smallest absolute Gasteiger partial charge is 0.244 e. The third-order valence-electron chi connectivity index (χ3n) is 10.4. The molecule has 2 bridgehead atoms. The van der Waals surface area contributed by atoms with Crippen molar-refractivity contribution < 1.29 is 19.1 Å². The molecule has 3 saturated carbocycles. The maximum Gasteiger partial charge on any atom is 0.244 e. The molecule has 6 nitrogen and oxygen atoms in total. The number of carbonyl (C=O) groups is 2. The van der Waals surface area contributed by atoms with Gasteiger partial charge in [-0.3, -0.25) is 14.5 Å². The van der Waals surface area contributed by atoms with Crippen molar-refractivity contribution in [1.82, 2.24) is 10.2 Å². The standard InChI is InChI=1S/C33H35ClN2O4/c34-24-9-5-20(6-10-24)7-12-28(38)35-33-14-13-25(37)31-32(33)15-16-36(18-21-1-2-21)27(33)17-23-8-11-26(30(40-31)29(23)32)39-19-22-3-4-22/h5-12,21-22,27,31H,1-4,13-19H2,(H,35,38)/b12-7+/t27-,31+,32+,33-/m1/s1. The Morgan fingerprint density at radius 1 is 1.10 bits per heavy atom. The molecule has 0 aromatic heterocycles. The molecule has 1 N–H and O–H groups in total. The number of nitrogens with zero attached hydrogens (tertiary/aromatic N) is 1. The van der Waals surface area contributed by atoms with Crippen LogP contribution in [-0.4, -0.2) is 54.0 Å². The van der Waals surface area contributed by atoms with Crippen LogP contribution in [0.2, 0.25) is 5.02 Å². The van der Waals surface area contributed by atoms with Crippen LogP contribution in [0.3, 0.4) is 0 Å². The first-order valence-electron chi connectivity index (χ1n) is 15.0. The number of halogens is 1. The Labute approximate surface area is 240 Å². The molecule has 2 aromatic carbocycles. The number of ketones is 1. The van der Waals surface area contributed by atoms with Gasteiger partial charge in [-0.2, -0.15) is 0 Å². The van der Waals surface area contributed by atoms with Gasteiger partial charge in [0.25, 0.3) is 0 Å². The third kappa shape index (κ3) is 3.78. The number of ether oxygens (including phenoxy) is 2. The van der Waals surface area contributed by atoms with Gasteiger partial charge in [0.1, 0.15) is 0 Å². The van der Waals surface area contributed by atoms with E-state index >= 15 is 0 Å². The largest absolute Gasteiger partial charge is 0.489 e. The molecule has 2 aliphatic heterocycles. The highest BCUT2D eigenvalue weighted by molar-refractivity contribution is 6.30. The zero-order valence-corrected chi connectivity index (χ0v) is 23.4. The van der Waals surface area contributed by atoms with E-state index in [1.807, 2.05) is 30.3 Å². The lowest BCUT2D eigenvalue weighted by atomic mass is 9.47. The van der Waals surface area contributed by atoms with Crippen LogP contribution in [-0.2, 0) is 21.4 Å². The molecule has 0 radical (unpaired) electrons. The van der Waals surface area contributed by atoms with Crippen LogP contribution in [0.15, 0.2) is 42.5 Å². The number of carbonyl (C=O) groups excluding carboxylic acids is 2. The molecule has 1 saturated heterocycles. The first-order valence-corrected chi connectivity index (χ1v) is 15.3. The Kier molecular flexibility index (Phi) is 5.66. The van der Waals surface area contributed by atoms with Crippen molar-refractivity contribution in [2.45, 2.75) is 74.5 Å². The fraction of sp³-hybridized carbons (Fsp3) is 0.515. The predicted molar refractivity (Wildman–Crippen MR) is 153 cm³/mol. The van der Waals surface area contributed by atoms with E-state index in [1.54, 1.807) is 6.08 Å². The zero-order valence-electron chi connectivity index (χ0n) is 22.7. The summed E-state index contributed by atoms with van der Waals surface area (Å²) in [5.41, 5.74) is 2.12. The van der Waals surface area contributed by atoms with E-state index in [-0.39, 0.29) is 17.7 Å². The molecule has 4 atom stereocenters. The molecule has 0 unspecified atom stereocenters. The summed E-state index contributed by atoms with van der Waals surface area (Å²) in [6.07, 6.45) is 10.5. The highest BCUT2D eigenvalue weighted by atomic mass is 35.5. The summed E-state index contributed by atoms with van der Waals surface area (Å²) in [7, 11) is 0. The Morgan fingerprint density at radius 2 is 1.90 bits per heavy atom. The van der Waals surface area contributed by atoms with Gasteiger partial charge in [-0.25, -0.2) is 0 Å². The van der Waals surface area contributed by atoms with Gasteiger partial charge in [-0.15, -0.1) is 0 Å². The second kappa shape index (κ2) is 9.09. The van der Waals surface area contributed by atoms with Crippen LogP contribution in [0.4, 0.5) is 0 Å². The van der Waals surface area contributed by atoms with E-state index in [0.717, 1.165) is 54.5 Å². The topological polar surface area (TPSA) is 67.9 Å². The van der Waals surface area contributed by atoms with E-state index in [1.165, 1.54) is 31.2 Å². The maximum atomic E-state index is 13.7. The minimum absolute atomic E-state index is 0.116. The Hall–Kier alpha value is -2.83. The molecule has 4 aliphatic carbocycles. The highest BCUT2D eigenvalue weighted by Gasteiger charge is 2.74. The number of piperidine rings is 1. The Bertz CT molecular complexity index is 1410. The average molecular weight is 559 g/mol. The number of hydrogen-bond acceptors (Lipinski definition) is 5. The molecule has 208 valence electrons. The molecule has 6 aliphatic rings. The molecule has 1 amide bonds. The van der Waals surface area contributed by atoms with Crippen LogP contribution in [0.5, 0.6) is 11.5 Å². The number of hydrogen-bond donors (Lipinski definition) is 1. The molecule has 8 rings (SSSR count). The fourth-order valence-corrected chi connectivity index (χ4v) is 8.29. The van der Waals surface area contributed by atoms with Gasteiger partial charge in [0.2, 0.25) is 5.91 Å². The summed E-state index contributed by atoms with van der Waals surface area (Å²) in [4.78, 5) is 30.0. The van der Waals surface area contributed by atoms with E-state index in [0.29, 0.717) is 30.4 Å². The predicted octanol–water partition coefficient (Wildman–Crippen LogP) is 5.10. The Morgan fingerprint density at radius 3 is 2.67 bits per heavy atom. The summed E-state index contributed by atoms with van der Waals surface area (Å²) < 4.78 is 13.0. The maximum absolute atomic E-state index is 13.7. The number of amides is 1. The normalized spacial score (nSPS) is 32.1. The molecular formula is C33H35ClN2O4. The van der Waals surface area contributed by atoms with Gasteiger partial charge in [0.15, 0.2) is 23.4 Å². The van der Waals surface area contributed by atoms with Gasteiger partial charge in [-0.1, -0.05) is 29.8 Å². The molecule has 2 aromatic rings. The Balaban J connectivity index is 1.21. The minimum atomic E-state index is -0.591. The highest BCUT2D eigenvalue weighted by Crippen LogP contribution is 2.65. The first kappa shape index (κ1) is 24.9. The van der Waals surface area contributed by atoms with Gasteiger partial charge in [0.05, 0.1) is 17.6 Å². The number of rotatable bonds is 8. The molecule has 1 spiro atoms. The van der Waals surface area contributed by atoms with E-state index < -0.39 is 17.1 Å². The SMILES string of the molecule is O=C(/C=C/c1ccc(Cl)cc1)N[C@@]12CCC(=O)[C@@H]3Oc4c(OCC5CC5)ccc5c4[C@@]31CCN(CC1CC1)[C@@H]2C5. The van der Waals surface area contributed by atoms with Crippen LogP contribution >= 0.6 is 11.6 Å². The summed E-state index contributed by atoms with van der Waals surface area (Å²) in [6.45, 7) is 2.66. The first-order chi connectivity index (χ1) is 19.5. The average Bonchev–Trinajstić information content (AvgIpc) is 3.88. The fourth-order valence-electron chi connectivity index (χ4n) is 8.17. The molecule has 7 heteroatoms. The van der Waals surface area contributed by atoms with Gasteiger partial charge >= 0.3 is 0 Å². The van der Waals surface area contributed by atoms with Crippen molar-refractivity contribution in [2.75, 3.05) is 19.7 Å². The summed E-state index contributed by atoms with van der Waals surface area (Å²) in [5.74, 6) is 2.88. The third-order valence-corrected chi connectivity index (χ3v) is 10.7. The minimum Gasteiger partial charge on any atom is -0.489 e. The van der Waals surface area contributed by atoms with Crippen molar-refractivity contribution in [2.24, 2.45) is 11.8 Å². The molecule has 2 heterocycles. The van der Waals surface area contributed by atoms with Crippen LogP contribution in [0.1, 0.15) is 61.6 Å². The molecule has 40 heavy (non-hydrogen) atoms. The second-order valence-electron chi connectivity index (χ2n) is 12.9. The second-order valence-corrected chi connectivity index (χ2v) is 13.3. The van der Waals surface area contributed by atoms with Gasteiger partial charge in [0, 0.05) is 35.7 Å². The van der Waals surface area contributed by atoms with Crippen LogP contribution in [0.25, 0.3) is 6.08 Å². The van der Waals surface area contributed by atoms with Crippen molar-refractivity contribution in [1.29, 1.82) is 0 Å². The lowest BCUT2D eigenvalue weighted by Crippen LogP contribution is -2.81. The lowest BCUT2D eigenvalue weighted by Gasteiger charge is -2.65. The quantitative estimate of drug-likeness (QED) is 0.457. The van der Waals surface area contributed by atoms with E-state index in [2.05, 4.69) is 22.3 Å². The zero-order chi connectivity index (χ0) is 27.1. The number of likely N-dealkylation sites (tertiary alicyclic amines) is 1. The lowest BCUT2D eigenvalue weighted by molar-refractivity contribution is -0.148. The van der Waals surface area contributed by atoms with Crippen molar-refractivity contribution in [3.05, 3.63) is 64.2 Å². The summed E-state index contributed by atoms with van der Waals surface area (Å²) in [6, 6.07) is 11.8. The van der Waals surface area contributed by atoms with Crippen molar-refractivity contribution in [3.8, 4) is 11.5 Å². The summed E-state index contributed by atoms with van der Waals surface area (Å²) >= 11 is 6.05. The van der Waals surface area contributed by atoms with Crippen LogP contribution < -0.4 is 14.8 Å². The van der Waals surface area contributed by atoms with Crippen LogP contribution in [0, 0.1) is 11.8 Å². The molecule has 4 fully saturated rings. The van der Waals surface area contributed by atoms with E-state index in [4.69, 9.17) is 21.1 Å². The molecular weight excluding hydrogens is 524 g/mol. The van der Waals surface area contributed by atoms with Crippen molar-refractivity contribution >= 4 is 29.4 Å². The number of nitrogens with one attached hydrogen (secondary N) is 1. The monoisotopic (exact) mass is 558 g/mol. The number of benzene rings is 2.